The number of hydrogen-bond donors (Lipinski definition) is 0. The zero-order valence-corrected chi connectivity index (χ0v) is 16.9. The quantitative estimate of drug-likeness (QED) is 0.484. The summed E-state index contributed by atoms with van der Waals surface area (Å²) in [6.07, 6.45) is 0.366. The first-order valence-electron chi connectivity index (χ1n) is 9.39. The van der Waals surface area contributed by atoms with E-state index < -0.39 is 0 Å². The van der Waals surface area contributed by atoms with Crippen molar-refractivity contribution in [2.75, 3.05) is 32.1 Å². The third kappa shape index (κ3) is 3.91. The average Bonchev–Trinajstić information content (AvgIpc) is 3.12. The first-order valence-corrected chi connectivity index (χ1v) is 10.2. The number of carbonyl (C=O) groups excluding carboxylic acids is 1. The third-order valence-electron chi connectivity index (χ3n) is 4.81. The minimum Gasteiger partial charge on any atom is -0.308 e. The van der Waals surface area contributed by atoms with Crippen LogP contribution in [0.25, 0.3) is 21.0 Å². The van der Waals surface area contributed by atoms with Crippen molar-refractivity contribution in [3.63, 3.8) is 0 Å². The Hall–Kier alpha value is -2.76. The SMILES string of the molecule is CN(C)CCN(C(=O)Cc1cccc2ccccc12)c1nc2ccccc2s1. The Morgan fingerprint density at radius 3 is 2.50 bits per heavy atom. The van der Waals surface area contributed by atoms with Crippen LogP contribution in [-0.2, 0) is 11.2 Å². The number of anilines is 1. The van der Waals surface area contributed by atoms with Gasteiger partial charge < -0.3 is 4.90 Å². The van der Waals surface area contributed by atoms with Crippen molar-refractivity contribution in [3.05, 3.63) is 72.3 Å². The number of thiazole rings is 1. The van der Waals surface area contributed by atoms with E-state index in [0.717, 1.165) is 38.2 Å². The molecule has 142 valence electrons. The van der Waals surface area contributed by atoms with Gasteiger partial charge in [0.05, 0.1) is 16.6 Å². The molecule has 1 heterocycles. The van der Waals surface area contributed by atoms with Crippen LogP contribution in [0.3, 0.4) is 0 Å². The van der Waals surface area contributed by atoms with E-state index in [4.69, 9.17) is 4.98 Å². The molecular formula is C23H23N3OS. The Kier molecular flexibility index (Phi) is 5.37. The van der Waals surface area contributed by atoms with Gasteiger partial charge in [-0.3, -0.25) is 9.69 Å². The molecule has 28 heavy (non-hydrogen) atoms. The summed E-state index contributed by atoms with van der Waals surface area (Å²) in [5, 5.41) is 3.07. The summed E-state index contributed by atoms with van der Waals surface area (Å²) in [5.41, 5.74) is 1.99. The van der Waals surface area contributed by atoms with Crippen LogP contribution < -0.4 is 4.90 Å². The maximum atomic E-state index is 13.3. The van der Waals surface area contributed by atoms with E-state index in [1.165, 1.54) is 0 Å². The molecule has 5 heteroatoms. The van der Waals surface area contributed by atoms with Crippen molar-refractivity contribution >= 4 is 43.4 Å². The van der Waals surface area contributed by atoms with E-state index in [-0.39, 0.29) is 5.91 Å². The monoisotopic (exact) mass is 389 g/mol. The number of rotatable bonds is 6. The second kappa shape index (κ2) is 8.09. The second-order valence-electron chi connectivity index (χ2n) is 7.13. The maximum Gasteiger partial charge on any atom is 0.233 e. The number of para-hydroxylation sites is 1. The van der Waals surface area contributed by atoms with Gasteiger partial charge in [0.1, 0.15) is 0 Å². The Bertz CT molecular complexity index is 1080. The van der Waals surface area contributed by atoms with E-state index in [2.05, 4.69) is 29.2 Å². The van der Waals surface area contributed by atoms with Gasteiger partial charge in [0, 0.05) is 13.1 Å². The van der Waals surface area contributed by atoms with E-state index in [9.17, 15) is 4.79 Å². The van der Waals surface area contributed by atoms with Gasteiger partial charge in [0.15, 0.2) is 5.13 Å². The van der Waals surface area contributed by atoms with Gasteiger partial charge in [0.25, 0.3) is 0 Å². The average molecular weight is 390 g/mol. The normalized spacial score (nSPS) is 11.4. The minimum absolute atomic E-state index is 0.0808. The van der Waals surface area contributed by atoms with Gasteiger partial charge in [-0.05, 0) is 42.6 Å². The van der Waals surface area contributed by atoms with Gasteiger partial charge in [-0.2, -0.15) is 0 Å². The zero-order valence-electron chi connectivity index (χ0n) is 16.1. The van der Waals surface area contributed by atoms with Gasteiger partial charge >= 0.3 is 0 Å². The van der Waals surface area contributed by atoms with Gasteiger partial charge in [-0.15, -0.1) is 0 Å². The smallest absolute Gasteiger partial charge is 0.233 e. The van der Waals surface area contributed by atoms with Gasteiger partial charge in [-0.25, -0.2) is 4.98 Å². The minimum atomic E-state index is 0.0808. The standard InChI is InChI=1S/C23H23N3OS/c1-25(2)14-15-26(23-24-20-12-5-6-13-21(20)28-23)22(27)16-18-10-7-9-17-8-3-4-11-19(17)18/h3-13H,14-16H2,1-2H3. The molecule has 0 spiro atoms. The number of nitrogens with zero attached hydrogens (tertiary/aromatic N) is 3. The summed E-state index contributed by atoms with van der Waals surface area (Å²) in [6.45, 7) is 1.41. The molecule has 0 saturated carbocycles. The number of aromatic nitrogens is 1. The second-order valence-corrected chi connectivity index (χ2v) is 8.14. The molecule has 0 aliphatic carbocycles. The Morgan fingerprint density at radius 1 is 0.929 bits per heavy atom. The summed E-state index contributed by atoms with van der Waals surface area (Å²) in [6, 6.07) is 22.4. The topological polar surface area (TPSA) is 36.4 Å². The molecular weight excluding hydrogens is 366 g/mol. The van der Waals surface area contributed by atoms with E-state index in [0.29, 0.717) is 13.0 Å². The number of carbonyl (C=O) groups is 1. The molecule has 0 aliphatic heterocycles. The summed E-state index contributed by atoms with van der Waals surface area (Å²) >= 11 is 1.58. The summed E-state index contributed by atoms with van der Waals surface area (Å²) < 4.78 is 1.10. The summed E-state index contributed by atoms with van der Waals surface area (Å²) in [4.78, 5) is 22.0. The number of hydrogen-bond acceptors (Lipinski definition) is 4. The molecule has 0 unspecified atom stereocenters. The highest BCUT2D eigenvalue weighted by atomic mass is 32.1. The fraction of sp³-hybridized carbons (Fsp3) is 0.217. The molecule has 0 N–H and O–H groups in total. The van der Waals surface area contributed by atoms with Crippen LogP contribution in [0.15, 0.2) is 66.7 Å². The van der Waals surface area contributed by atoms with Crippen molar-refractivity contribution < 1.29 is 4.79 Å². The molecule has 0 aliphatic rings. The van der Waals surface area contributed by atoms with Gasteiger partial charge in [-0.1, -0.05) is 65.9 Å². The largest absolute Gasteiger partial charge is 0.308 e. The molecule has 4 rings (SSSR count). The van der Waals surface area contributed by atoms with Crippen molar-refractivity contribution in [1.82, 2.24) is 9.88 Å². The Labute approximate surface area is 169 Å². The summed E-state index contributed by atoms with van der Waals surface area (Å²) in [5.74, 6) is 0.0808. The molecule has 4 nitrogen and oxygen atoms in total. The Balaban J connectivity index is 1.66. The zero-order chi connectivity index (χ0) is 19.5. The maximum absolute atomic E-state index is 13.3. The van der Waals surface area contributed by atoms with Crippen molar-refractivity contribution in [2.24, 2.45) is 0 Å². The van der Waals surface area contributed by atoms with E-state index >= 15 is 0 Å². The lowest BCUT2D eigenvalue weighted by Crippen LogP contribution is -2.37. The van der Waals surface area contributed by atoms with Crippen LogP contribution in [0.1, 0.15) is 5.56 Å². The molecule has 0 saturated heterocycles. The van der Waals surface area contributed by atoms with Crippen molar-refractivity contribution in [1.29, 1.82) is 0 Å². The first-order chi connectivity index (χ1) is 13.6. The fourth-order valence-electron chi connectivity index (χ4n) is 3.31. The Morgan fingerprint density at radius 2 is 1.68 bits per heavy atom. The van der Waals surface area contributed by atoms with Crippen LogP contribution in [0.2, 0.25) is 0 Å². The van der Waals surface area contributed by atoms with Gasteiger partial charge in [0.2, 0.25) is 5.91 Å². The molecule has 4 aromatic rings. The predicted octanol–water partition coefficient (Wildman–Crippen LogP) is 4.59. The van der Waals surface area contributed by atoms with Crippen molar-refractivity contribution in [3.8, 4) is 0 Å². The lowest BCUT2D eigenvalue weighted by Gasteiger charge is -2.22. The molecule has 1 aromatic heterocycles. The highest BCUT2D eigenvalue weighted by Crippen LogP contribution is 2.29. The first kappa shape index (κ1) is 18.6. The van der Waals surface area contributed by atoms with Crippen LogP contribution in [0, 0.1) is 0 Å². The highest BCUT2D eigenvalue weighted by molar-refractivity contribution is 7.22. The number of fused-ring (bicyclic) bond motifs is 2. The van der Waals surface area contributed by atoms with E-state index in [1.807, 2.05) is 61.5 Å². The lowest BCUT2D eigenvalue weighted by molar-refractivity contribution is -0.118. The predicted molar refractivity (Wildman–Crippen MR) is 118 cm³/mol. The van der Waals surface area contributed by atoms with E-state index in [1.54, 1.807) is 11.3 Å². The number of likely N-dealkylation sites (N-methyl/N-ethyl adjacent to an activating group) is 1. The van der Waals surface area contributed by atoms with Crippen molar-refractivity contribution in [2.45, 2.75) is 6.42 Å². The van der Waals surface area contributed by atoms with Crippen LogP contribution in [0.4, 0.5) is 5.13 Å². The number of benzene rings is 3. The van der Waals surface area contributed by atoms with Crippen LogP contribution in [0.5, 0.6) is 0 Å². The molecule has 1 amide bonds. The van der Waals surface area contributed by atoms with Crippen LogP contribution >= 0.6 is 11.3 Å². The third-order valence-corrected chi connectivity index (χ3v) is 5.87. The highest BCUT2D eigenvalue weighted by Gasteiger charge is 2.20. The van der Waals surface area contributed by atoms with Crippen LogP contribution in [-0.4, -0.2) is 43.0 Å². The fourth-order valence-corrected chi connectivity index (χ4v) is 4.32. The molecule has 3 aromatic carbocycles. The molecule has 0 atom stereocenters. The molecule has 0 fully saturated rings. The number of amides is 1. The molecule has 0 bridgehead atoms. The molecule has 0 radical (unpaired) electrons. The summed E-state index contributed by atoms with van der Waals surface area (Å²) in [7, 11) is 4.04. The lowest BCUT2D eigenvalue weighted by atomic mass is 10.0.